The Bertz CT molecular complexity index is 452. The highest BCUT2D eigenvalue weighted by atomic mass is 127. The molecule has 1 aromatic rings. The molecule has 1 aliphatic rings. The summed E-state index contributed by atoms with van der Waals surface area (Å²) in [4.78, 5) is 5.77. The van der Waals surface area contributed by atoms with E-state index in [1.165, 1.54) is 4.90 Å². The maximum atomic E-state index is 10.1. The van der Waals surface area contributed by atoms with E-state index in [9.17, 15) is 5.11 Å². The van der Waals surface area contributed by atoms with E-state index in [-0.39, 0.29) is 24.0 Å². The fourth-order valence-electron chi connectivity index (χ4n) is 2.17. The van der Waals surface area contributed by atoms with Gasteiger partial charge in [0.15, 0.2) is 5.96 Å². The molecule has 1 aromatic carbocycles. The second kappa shape index (κ2) is 10.3. The van der Waals surface area contributed by atoms with Gasteiger partial charge in [-0.25, -0.2) is 0 Å². The van der Waals surface area contributed by atoms with Crippen LogP contribution in [0.15, 0.2) is 40.2 Å². The van der Waals surface area contributed by atoms with E-state index in [1.54, 1.807) is 0 Å². The Hall–Kier alpha value is -0.470. The molecule has 6 heteroatoms. The van der Waals surface area contributed by atoms with Gasteiger partial charge in [-0.2, -0.15) is 0 Å². The number of nitrogens with one attached hydrogen (secondary N) is 2. The standard InChI is InChI=1S/C16H25N3OS.HI/c1-2-17-15(19-13-16(20)9-6-10-16)18-11-12-21-14-7-4-3-5-8-14;/h3-5,7-8,20H,2,6,9-13H2,1H3,(H2,17,18,19);1H. The van der Waals surface area contributed by atoms with Crippen molar-refractivity contribution in [1.82, 2.24) is 10.6 Å². The molecule has 1 fully saturated rings. The molecule has 0 saturated heterocycles. The quantitative estimate of drug-likeness (QED) is 0.203. The molecular formula is C16H26IN3OS. The molecule has 124 valence electrons. The first-order chi connectivity index (χ1) is 10.2. The predicted octanol–water partition coefficient (Wildman–Crippen LogP) is 2.87. The van der Waals surface area contributed by atoms with Crippen molar-refractivity contribution in [1.29, 1.82) is 0 Å². The molecule has 0 bridgehead atoms. The maximum Gasteiger partial charge on any atom is 0.191 e. The predicted molar refractivity (Wildman–Crippen MR) is 105 cm³/mol. The summed E-state index contributed by atoms with van der Waals surface area (Å²) in [6.45, 7) is 4.22. The zero-order valence-corrected chi connectivity index (χ0v) is 16.2. The molecule has 0 radical (unpaired) electrons. The Labute approximate surface area is 154 Å². The first-order valence-electron chi connectivity index (χ1n) is 7.64. The highest BCUT2D eigenvalue weighted by molar-refractivity contribution is 14.0. The number of nitrogens with zero attached hydrogens (tertiary/aromatic N) is 1. The third-order valence-electron chi connectivity index (χ3n) is 3.57. The largest absolute Gasteiger partial charge is 0.388 e. The van der Waals surface area contributed by atoms with Crippen molar-refractivity contribution in [3.8, 4) is 0 Å². The molecule has 2 rings (SSSR count). The van der Waals surface area contributed by atoms with Crippen LogP contribution in [0.3, 0.4) is 0 Å². The van der Waals surface area contributed by atoms with Crippen molar-refractivity contribution < 1.29 is 5.11 Å². The summed E-state index contributed by atoms with van der Waals surface area (Å²) in [5.74, 6) is 1.78. The molecule has 0 amide bonds. The molecule has 0 aromatic heterocycles. The molecule has 0 aliphatic heterocycles. The van der Waals surface area contributed by atoms with Gasteiger partial charge in [0.1, 0.15) is 0 Å². The minimum atomic E-state index is -0.554. The van der Waals surface area contributed by atoms with Gasteiger partial charge in [0.2, 0.25) is 0 Å². The smallest absolute Gasteiger partial charge is 0.191 e. The molecule has 1 saturated carbocycles. The van der Waals surface area contributed by atoms with Gasteiger partial charge in [-0.15, -0.1) is 35.7 Å². The monoisotopic (exact) mass is 435 g/mol. The molecular weight excluding hydrogens is 409 g/mol. The van der Waals surface area contributed by atoms with E-state index in [2.05, 4.69) is 39.9 Å². The Morgan fingerprint density at radius 3 is 2.59 bits per heavy atom. The number of halogens is 1. The summed E-state index contributed by atoms with van der Waals surface area (Å²) < 4.78 is 0. The normalized spacial score (nSPS) is 16.4. The van der Waals surface area contributed by atoms with Crippen LogP contribution in [0.4, 0.5) is 0 Å². The molecule has 22 heavy (non-hydrogen) atoms. The van der Waals surface area contributed by atoms with Crippen LogP contribution in [0, 0.1) is 0 Å². The summed E-state index contributed by atoms with van der Waals surface area (Å²) in [5.41, 5.74) is -0.554. The molecule has 0 spiro atoms. The van der Waals surface area contributed by atoms with Crippen LogP contribution in [0.2, 0.25) is 0 Å². The molecule has 0 atom stereocenters. The van der Waals surface area contributed by atoms with E-state index in [4.69, 9.17) is 0 Å². The summed E-state index contributed by atoms with van der Waals surface area (Å²) in [7, 11) is 0. The lowest BCUT2D eigenvalue weighted by atomic mass is 9.80. The number of rotatable bonds is 7. The second-order valence-electron chi connectivity index (χ2n) is 5.36. The Morgan fingerprint density at radius 2 is 2.00 bits per heavy atom. The fraction of sp³-hybridized carbons (Fsp3) is 0.562. The van der Waals surface area contributed by atoms with Gasteiger partial charge in [-0.05, 0) is 38.3 Å². The second-order valence-corrected chi connectivity index (χ2v) is 6.53. The number of guanidine groups is 1. The van der Waals surface area contributed by atoms with E-state index in [0.717, 1.165) is 44.1 Å². The lowest BCUT2D eigenvalue weighted by Crippen LogP contribution is -2.43. The highest BCUT2D eigenvalue weighted by Crippen LogP contribution is 2.31. The number of hydrogen-bond acceptors (Lipinski definition) is 3. The van der Waals surface area contributed by atoms with Crippen molar-refractivity contribution in [3.63, 3.8) is 0 Å². The lowest BCUT2D eigenvalue weighted by molar-refractivity contribution is -0.0236. The molecule has 1 aliphatic carbocycles. The van der Waals surface area contributed by atoms with Crippen LogP contribution in [0.1, 0.15) is 26.2 Å². The van der Waals surface area contributed by atoms with Crippen LogP contribution in [0.5, 0.6) is 0 Å². The number of aliphatic imine (C=N–C) groups is 1. The number of benzene rings is 1. The van der Waals surface area contributed by atoms with Gasteiger partial charge < -0.3 is 15.7 Å². The molecule has 0 unspecified atom stereocenters. The van der Waals surface area contributed by atoms with Crippen LogP contribution >= 0.6 is 35.7 Å². The molecule has 4 nitrogen and oxygen atoms in total. The van der Waals surface area contributed by atoms with Gasteiger partial charge >= 0.3 is 0 Å². The molecule has 0 heterocycles. The summed E-state index contributed by atoms with van der Waals surface area (Å²) >= 11 is 1.83. The number of thioether (sulfide) groups is 1. The minimum absolute atomic E-state index is 0. The first kappa shape index (κ1) is 19.6. The summed E-state index contributed by atoms with van der Waals surface area (Å²) in [5, 5.41) is 16.6. The lowest BCUT2D eigenvalue weighted by Gasteiger charge is -2.35. The third-order valence-corrected chi connectivity index (χ3v) is 4.58. The molecule has 3 N–H and O–H groups in total. The Balaban J connectivity index is 0.00000242. The van der Waals surface area contributed by atoms with Crippen LogP contribution in [0.25, 0.3) is 0 Å². The number of hydrogen-bond donors (Lipinski definition) is 3. The zero-order valence-electron chi connectivity index (χ0n) is 13.0. The van der Waals surface area contributed by atoms with E-state index >= 15 is 0 Å². The first-order valence-corrected chi connectivity index (χ1v) is 8.63. The summed E-state index contributed by atoms with van der Waals surface area (Å²) in [6.07, 6.45) is 2.86. The SMILES string of the molecule is CCNC(=NCC1(O)CCC1)NCCSc1ccccc1.I. The highest BCUT2D eigenvalue weighted by Gasteiger charge is 2.34. The number of aliphatic hydroxyl groups is 1. The summed E-state index contributed by atoms with van der Waals surface area (Å²) in [6, 6.07) is 10.4. The van der Waals surface area contributed by atoms with Gasteiger partial charge in [0, 0.05) is 23.7 Å². The van der Waals surface area contributed by atoms with Crippen molar-refractivity contribution in [2.75, 3.05) is 25.4 Å². The van der Waals surface area contributed by atoms with Crippen LogP contribution < -0.4 is 10.6 Å². The van der Waals surface area contributed by atoms with Crippen molar-refractivity contribution in [2.45, 2.75) is 36.7 Å². The topological polar surface area (TPSA) is 56.7 Å². The zero-order chi connectivity index (χ0) is 15.0. The fourth-order valence-corrected chi connectivity index (χ4v) is 2.96. The maximum absolute atomic E-state index is 10.1. The average Bonchev–Trinajstić information content (AvgIpc) is 2.48. The Morgan fingerprint density at radius 1 is 1.27 bits per heavy atom. The Kier molecular flexibility index (Phi) is 9.19. The van der Waals surface area contributed by atoms with Crippen molar-refractivity contribution in [3.05, 3.63) is 30.3 Å². The van der Waals surface area contributed by atoms with Gasteiger partial charge in [0.25, 0.3) is 0 Å². The average molecular weight is 435 g/mol. The van der Waals surface area contributed by atoms with E-state index < -0.39 is 5.60 Å². The van der Waals surface area contributed by atoms with Crippen molar-refractivity contribution >= 4 is 41.7 Å². The van der Waals surface area contributed by atoms with Gasteiger partial charge in [-0.1, -0.05) is 18.2 Å². The van der Waals surface area contributed by atoms with Crippen LogP contribution in [-0.2, 0) is 0 Å². The van der Waals surface area contributed by atoms with Crippen molar-refractivity contribution in [2.24, 2.45) is 4.99 Å². The van der Waals surface area contributed by atoms with Gasteiger partial charge in [0.05, 0.1) is 12.1 Å². The van der Waals surface area contributed by atoms with E-state index in [0.29, 0.717) is 6.54 Å². The van der Waals surface area contributed by atoms with E-state index in [1.807, 2.05) is 24.8 Å². The van der Waals surface area contributed by atoms with Gasteiger partial charge in [-0.3, -0.25) is 4.99 Å². The minimum Gasteiger partial charge on any atom is -0.388 e. The van der Waals surface area contributed by atoms with Crippen LogP contribution in [-0.4, -0.2) is 42.1 Å². The third kappa shape index (κ3) is 6.75.